The van der Waals surface area contributed by atoms with Crippen LogP contribution in [-0.2, 0) is 6.18 Å². The monoisotopic (exact) mass is 391 g/mol. The van der Waals surface area contributed by atoms with Gasteiger partial charge < -0.3 is 5.32 Å². The zero-order valence-corrected chi connectivity index (χ0v) is 14.8. The molecule has 0 saturated heterocycles. The molecule has 138 valence electrons. The number of nitrogens with zero attached hydrogens (tertiary/aromatic N) is 2. The van der Waals surface area contributed by atoms with E-state index in [9.17, 15) is 18.0 Å². The highest BCUT2D eigenvalue weighted by Gasteiger charge is 2.31. The Morgan fingerprint density at radius 3 is 2.44 bits per heavy atom. The van der Waals surface area contributed by atoms with Crippen molar-refractivity contribution >= 4 is 23.2 Å². The molecule has 1 heterocycles. The van der Waals surface area contributed by atoms with Gasteiger partial charge in [0.1, 0.15) is 0 Å². The maximum Gasteiger partial charge on any atom is 0.416 e. The van der Waals surface area contributed by atoms with Crippen LogP contribution in [0.15, 0.2) is 54.7 Å². The molecule has 0 saturated carbocycles. The van der Waals surface area contributed by atoms with E-state index in [1.807, 2.05) is 30.3 Å². The van der Waals surface area contributed by atoms with Gasteiger partial charge >= 0.3 is 6.18 Å². The lowest BCUT2D eigenvalue weighted by Gasteiger charge is -2.12. The van der Waals surface area contributed by atoms with Crippen LogP contribution in [0.4, 0.5) is 18.9 Å². The van der Waals surface area contributed by atoms with Gasteiger partial charge in [0.25, 0.3) is 5.91 Å². The zero-order valence-electron chi connectivity index (χ0n) is 14.0. The Balaban J connectivity index is 1.87. The van der Waals surface area contributed by atoms with Gasteiger partial charge in [-0.2, -0.15) is 13.2 Å². The number of anilines is 1. The second kappa shape index (κ2) is 7.36. The van der Waals surface area contributed by atoms with Gasteiger partial charge in [-0.25, -0.2) is 9.97 Å². The number of halogens is 4. The maximum absolute atomic E-state index is 12.9. The minimum absolute atomic E-state index is 0.00386. The summed E-state index contributed by atoms with van der Waals surface area (Å²) in [4.78, 5) is 20.9. The van der Waals surface area contributed by atoms with Crippen molar-refractivity contribution in [2.45, 2.75) is 13.1 Å². The van der Waals surface area contributed by atoms with Gasteiger partial charge in [-0.3, -0.25) is 4.79 Å². The number of carbonyl (C=O) groups excluding carboxylic acids is 1. The molecule has 0 spiro atoms. The summed E-state index contributed by atoms with van der Waals surface area (Å²) < 4.78 is 38.6. The minimum Gasteiger partial charge on any atom is -0.321 e. The zero-order chi connectivity index (χ0) is 19.6. The van der Waals surface area contributed by atoms with Crippen molar-refractivity contribution in [3.05, 3.63) is 76.6 Å². The fourth-order valence-electron chi connectivity index (χ4n) is 2.40. The summed E-state index contributed by atoms with van der Waals surface area (Å²) in [7, 11) is 0. The predicted molar refractivity (Wildman–Crippen MR) is 96.6 cm³/mol. The highest BCUT2D eigenvalue weighted by atomic mass is 35.5. The molecule has 4 nitrogen and oxygen atoms in total. The Morgan fingerprint density at radius 1 is 1.11 bits per heavy atom. The van der Waals surface area contributed by atoms with Crippen molar-refractivity contribution in [3.63, 3.8) is 0 Å². The normalized spacial score (nSPS) is 11.3. The van der Waals surface area contributed by atoms with Crippen molar-refractivity contribution in [1.29, 1.82) is 0 Å². The van der Waals surface area contributed by atoms with Gasteiger partial charge in [-0.05, 0) is 25.1 Å². The van der Waals surface area contributed by atoms with Crippen LogP contribution in [0.25, 0.3) is 11.4 Å². The van der Waals surface area contributed by atoms with E-state index in [0.717, 1.165) is 23.8 Å². The van der Waals surface area contributed by atoms with E-state index in [0.29, 0.717) is 11.5 Å². The van der Waals surface area contributed by atoms with Crippen LogP contribution in [0.5, 0.6) is 0 Å². The van der Waals surface area contributed by atoms with E-state index < -0.39 is 17.6 Å². The third-order valence-corrected chi connectivity index (χ3v) is 4.13. The lowest BCUT2D eigenvalue weighted by molar-refractivity contribution is -0.137. The number of carbonyl (C=O) groups is 1. The average molecular weight is 392 g/mol. The molecule has 1 aromatic heterocycles. The van der Waals surface area contributed by atoms with Gasteiger partial charge in [0.2, 0.25) is 0 Å². The third kappa shape index (κ3) is 4.25. The first kappa shape index (κ1) is 18.8. The molecule has 3 aromatic rings. The van der Waals surface area contributed by atoms with Crippen LogP contribution in [0, 0.1) is 6.92 Å². The third-order valence-electron chi connectivity index (χ3n) is 3.80. The predicted octanol–water partition coefficient (Wildman–Crippen LogP) is 5.38. The van der Waals surface area contributed by atoms with E-state index >= 15 is 0 Å². The SMILES string of the molecule is Cc1nc(-c2ccccc2)ncc1C(=O)Nc1cc(C(F)(F)F)ccc1Cl. The number of nitrogens with one attached hydrogen (secondary N) is 1. The standard InChI is InChI=1S/C19H13ClF3N3O/c1-11-14(10-24-17(25-11)12-5-3-2-4-6-12)18(27)26-16-9-13(19(21,22)23)7-8-15(16)20/h2-10H,1H3,(H,26,27). The summed E-state index contributed by atoms with van der Waals surface area (Å²) in [5.74, 6) is -0.199. The fourth-order valence-corrected chi connectivity index (χ4v) is 2.57. The van der Waals surface area contributed by atoms with Crippen LogP contribution >= 0.6 is 11.6 Å². The molecule has 0 bridgehead atoms. The van der Waals surface area contributed by atoms with E-state index in [1.54, 1.807) is 6.92 Å². The van der Waals surface area contributed by atoms with Crippen LogP contribution in [0.3, 0.4) is 0 Å². The van der Waals surface area contributed by atoms with E-state index in [2.05, 4.69) is 15.3 Å². The second-order valence-electron chi connectivity index (χ2n) is 5.71. The average Bonchev–Trinajstić information content (AvgIpc) is 2.63. The number of alkyl halides is 3. The van der Waals surface area contributed by atoms with Crippen LogP contribution in [-0.4, -0.2) is 15.9 Å². The summed E-state index contributed by atoms with van der Waals surface area (Å²) >= 11 is 5.91. The Labute approximate surface area is 158 Å². The number of hydrogen-bond acceptors (Lipinski definition) is 3. The molecule has 3 rings (SSSR count). The molecule has 1 amide bonds. The Hall–Kier alpha value is -2.93. The molecule has 0 fully saturated rings. The topological polar surface area (TPSA) is 54.9 Å². The number of aryl methyl sites for hydroxylation is 1. The summed E-state index contributed by atoms with van der Waals surface area (Å²) in [5, 5.41) is 2.38. The fraction of sp³-hybridized carbons (Fsp3) is 0.105. The molecule has 0 radical (unpaired) electrons. The number of aromatic nitrogens is 2. The summed E-state index contributed by atoms with van der Waals surface area (Å²) in [6.45, 7) is 1.62. The highest BCUT2D eigenvalue weighted by molar-refractivity contribution is 6.34. The summed E-state index contributed by atoms with van der Waals surface area (Å²) in [6, 6.07) is 11.9. The van der Waals surface area contributed by atoms with Crippen molar-refractivity contribution in [1.82, 2.24) is 9.97 Å². The molecule has 27 heavy (non-hydrogen) atoms. The Bertz CT molecular complexity index is 991. The molecular formula is C19H13ClF3N3O. The van der Waals surface area contributed by atoms with Crippen molar-refractivity contribution < 1.29 is 18.0 Å². The molecule has 0 aliphatic heterocycles. The first-order chi connectivity index (χ1) is 12.8. The van der Waals surface area contributed by atoms with Crippen molar-refractivity contribution in [2.75, 3.05) is 5.32 Å². The molecular weight excluding hydrogens is 379 g/mol. The lowest BCUT2D eigenvalue weighted by atomic mass is 10.1. The number of rotatable bonds is 3. The van der Waals surface area contributed by atoms with Gasteiger partial charge in [0.05, 0.1) is 27.5 Å². The van der Waals surface area contributed by atoms with Gasteiger partial charge in [0.15, 0.2) is 5.82 Å². The van der Waals surface area contributed by atoms with Gasteiger partial charge in [-0.1, -0.05) is 41.9 Å². The second-order valence-corrected chi connectivity index (χ2v) is 6.11. The highest BCUT2D eigenvalue weighted by Crippen LogP contribution is 2.34. The Morgan fingerprint density at radius 2 is 1.81 bits per heavy atom. The molecule has 0 atom stereocenters. The van der Waals surface area contributed by atoms with Gasteiger partial charge in [0, 0.05) is 11.8 Å². The number of benzene rings is 2. The molecule has 0 unspecified atom stereocenters. The molecule has 2 aromatic carbocycles. The van der Waals surface area contributed by atoms with Crippen LogP contribution in [0.1, 0.15) is 21.6 Å². The van der Waals surface area contributed by atoms with E-state index in [4.69, 9.17) is 11.6 Å². The molecule has 0 aliphatic rings. The Kier molecular flexibility index (Phi) is 5.14. The van der Waals surface area contributed by atoms with Crippen molar-refractivity contribution in [2.24, 2.45) is 0 Å². The largest absolute Gasteiger partial charge is 0.416 e. The lowest BCUT2D eigenvalue weighted by Crippen LogP contribution is -2.16. The quantitative estimate of drug-likeness (QED) is 0.652. The number of hydrogen-bond donors (Lipinski definition) is 1. The molecule has 0 aliphatic carbocycles. The molecule has 1 N–H and O–H groups in total. The molecule has 8 heteroatoms. The summed E-state index contributed by atoms with van der Waals surface area (Å²) in [6.07, 6.45) is -3.21. The summed E-state index contributed by atoms with van der Waals surface area (Å²) in [5.41, 5.74) is 0.277. The maximum atomic E-state index is 12.9. The van der Waals surface area contributed by atoms with Gasteiger partial charge in [-0.15, -0.1) is 0 Å². The van der Waals surface area contributed by atoms with Crippen LogP contribution in [0.2, 0.25) is 5.02 Å². The van der Waals surface area contributed by atoms with E-state index in [1.165, 1.54) is 6.20 Å². The first-order valence-electron chi connectivity index (χ1n) is 7.83. The van der Waals surface area contributed by atoms with Crippen molar-refractivity contribution in [3.8, 4) is 11.4 Å². The van der Waals surface area contributed by atoms with Crippen LogP contribution < -0.4 is 5.32 Å². The first-order valence-corrected chi connectivity index (χ1v) is 8.20. The number of amides is 1. The van der Waals surface area contributed by atoms with E-state index in [-0.39, 0.29) is 16.3 Å². The smallest absolute Gasteiger partial charge is 0.321 e. The minimum atomic E-state index is -4.54.